The van der Waals surface area contributed by atoms with E-state index in [1.165, 1.54) is 16.4 Å². The summed E-state index contributed by atoms with van der Waals surface area (Å²) in [6.07, 6.45) is 0. The third-order valence-corrected chi connectivity index (χ3v) is 7.41. The molecular weight excluding hydrogens is 407 g/mol. The zero-order valence-corrected chi connectivity index (χ0v) is 17.4. The number of benzene rings is 2. The molecule has 0 aromatic heterocycles. The lowest BCUT2D eigenvalue weighted by molar-refractivity contribution is 0.0698. The standard InChI is InChI=1S/C19H20Cl2N2O3S/c1-13-3-4-15(11-14(13)2)19(24)22-7-9-23(10-8-22)27(25,26)18-12-16(20)5-6-17(18)21/h3-6,11-12H,7-10H2,1-2H3. The van der Waals surface area contributed by atoms with Gasteiger partial charge in [0.1, 0.15) is 4.90 Å². The quantitative estimate of drug-likeness (QED) is 0.750. The monoisotopic (exact) mass is 426 g/mol. The molecule has 8 heteroatoms. The van der Waals surface area contributed by atoms with Crippen LogP contribution in [0, 0.1) is 13.8 Å². The van der Waals surface area contributed by atoms with E-state index >= 15 is 0 Å². The Labute approximate surface area is 169 Å². The molecule has 0 bridgehead atoms. The summed E-state index contributed by atoms with van der Waals surface area (Å²) < 4.78 is 27.1. The van der Waals surface area contributed by atoms with E-state index in [9.17, 15) is 13.2 Å². The molecule has 1 heterocycles. The third kappa shape index (κ3) is 4.14. The predicted octanol–water partition coefficient (Wildman–Crippen LogP) is 3.76. The molecule has 2 aromatic carbocycles. The number of amides is 1. The normalized spacial score (nSPS) is 15.8. The van der Waals surface area contributed by atoms with Crippen molar-refractivity contribution in [3.05, 3.63) is 63.1 Å². The van der Waals surface area contributed by atoms with Gasteiger partial charge in [-0.1, -0.05) is 29.3 Å². The number of aryl methyl sites for hydroxylation is 2. The Hall–Kier alpha value is -1.60. The molecule has 27 heavy (non-hydrogen) atoms. The molecule has 1 fully saturated rings. The first kappa shape index (κ1) is 20.1. The van der Waals surface area contributed by atoms with Gasteiger partial charge in [-0.05, 0) is 55.3 Å². The fourth-order valence-electron chi connectivity index (χ4n) is 3.00. The number of nitrogens with zero attached hydrogens (tertiary/aromatic N) is 2. The van der Waals surface area contributed by atoms with Crippen LogP contribution in [-0.4, -0.2) is 49.7 Å². The fraction of sp³-hybridized carbons (Fsp3) is 0.316. The van der Waals surface area contributed by atoms with E-state index in [2.05, 4.69) is 0 Å². The van der Waals surface area contributed by atoms with E-state index in [4.69, 9.17) is 23.2 Å². The summed E-state index contributed by atoms with van der Waals surface area (Å²) >= 11 is 12.0. The van der Waals surface area contributed by atoms with E-state index < -0.39 is 10.0 Å². The number of halogens is 2. The molecule has 1 amide bonds. The van der Waals surface area contributed by atoms with Crippen LogP contribution in [0.25, 0.3) is 0 Å². The van der Waals surface area contributed by atoms with Crippen LogP contribution in [0.2, 0.25) is 10.0 Å². The van der Waals surface area contributed by atoms with Gasteiger partial charge < -0.3 is 4.90 Å². The lowest BCUT2D eigenvalue weighted by atomic mass is 10.1. The maximum atomic E-state index is 12.9. The average Bonchev–Trinajstić information content (AvgIpc) is 2.65. The van der Waals surface area contributed by atoms with Gasteiger partial charge in [0.25, 0.3) is 5.91 Å². The van der Waals surface area contributed by atoms with Crippen LogP contribution in [0.3, 0.4) is 0 Å². The number of carbonyl (C=O) groups is 1. The van der Waals surface area contributed by atoms with E-state index in [1.807, 2.05) is 26.0 Å². The number of sulfonamides is 1. The first-order chi connectivity index (χ1) is 12.7. The number of carbonyl (C=O) groups excluding carboxylic acids is 1. The van der Waals surface area contributed by atoms with E-state index in [0.717, 1.165) is 11.1 Å². The van der Waals surface area contributed by atoms with Crippen molar-refractivity contribution in [2.45, 2.75) is 18.7 Å². The highest BCUT2D eigenvalue weighted by molar-refractivity contribution is 7.89. The summed E-state index contributed by atoms with van der Waals surface area (Å²) in [5.41, 5.74) is 2.80. The van der Waals surface area contributed by atoms with Crippen molar-refractivity contribution in [3.8, 4) is 0 Å². The maximum Gasteiger partial charge on any atom is 0.253 e. The predicted molar refractivity (Wildman–Crippen MR) is 107 cm³/mol. The molecule has 144 valence electrons. The first-order valence-electron chi connectivity index (χ1n) is 8.52. The lowest BCUT2D eigenvalue weighted by Gasteiger charge is -2.34. The highest BCUT2D eigenvalue weighted by Crippen LogP contribution is 2.28. The third-order valence-electron chi connectivity index (χ3n) is 4.79. The second-order valence-corrected chi connectivity index (χ2v) is 9.32. The molecule has 0 saturated carbocycles. The van der Waals surface area contributed by atoms with Crippen LogP contribution < -0.4 is 0 Å². The van der Waals surface area contributed by atoms with Crippen LogP contribution in [0.1, 0.15) is 21.5 Å². The van der Waals surface area contributed by atoms with Gasteiger partial charge in [-0.25, -0.2) is 8.42 Å². The molecule has 0 spiro atoms. The van der Waals surface area contributed by atoms with Crippen molar-refractivity contribution in [2.24, 2.45) is 0 Å². The molecule has 3 rings (SSSR count). The Bertz CT molecular complexity index is 984. The number of piperazine rings is 1. The van der Waals surface area contributed by atoms with Crippen LogP contribution in [0.4, 0.5) is 0 Å². The summed E-state index contributed by atoms with van der Waals surface area (Å²) in [7, 11) is -3.76. The molecular formula is C19H20Cl2N2O3S. The largest absolute Gasteiger partial charge is 0.336 e. The summed E-state index contributed by atoms with van der Waals surface area (Å²) in [5.74, 6) is -0.0871. The van der Waals surface area contributed by atoms with Gasteiger partial charge in [0.15, 0.2) is 0 Å². The summed E-state index contributed by atoms with van der Waals surface area (Å²) in [6, 6.07) is 9.96. The highest BCUT2D eigenvalue weighted by atomic mass is 35.5. The second kappa shape index (κ2) is 7.80. The fourth-order valence-corrected chi connectivity index (χ4v) is 5.16. The van der Waals surface area contributed by atoms with Crippen LogP contribution in [0.15, 0.2) is 41.3 Å². The molecule has 0 atom stereocenters. The summed E-state index contributed by atoms with van der Waals surface area (Å²) in [5, 5.41) is 0.439. The lowest BCUT2D eigenvalue weighted by Crippen LogP contribution is -2.50. The van der Waals surface area contributed by atoms with Gasteiger partial charge in [0.05, 0.1) is 5.02 Å². The molecule has 0 aliphatic carbocycles. The van der Waals surface area contributed by atoms with E-state index in [-0.39, 0.29) is 28.9 Å². The van der Waals surface area contributed by atoms with Gasteiger partial charge in [-0.15, -0.1) is 0 Å². The van der Waals surface area contributed by atoms with Crippen LogP contribution >= 0.6 is 23.2 Å². The molecule has 1 aliphatic heterocycles. The Balaban J connectivity index is 1.73. The van der Waals surface area contributed by atoms with Gasteiger partial charge >= 0.3 is 0 Å². The van der Waals surface area contributed by atoms with Crippen molar-refractivity contribution < 1.29 is 13.2 Å². The Morgan fingerprint density at radius 1 is 0.926 bits per heavy atom. The minimum Gasteiger partial charge on any atom is -0.336 e. The minimum atomic E-state index is -3.76. The van der Waals surface area contributed by atoms with Crippen molar-refractivity contribution >= 4 is 39.1 Å². The topological polar surface area (TPSA) is 57.7 Å². The van der Waals surface area contributed by atoms with E-state index in [0.29, 0.717) is 23.7 Å². The second-order valence-electron chi connectivity index (χ2n) is 6.57. The molecule has 0 radical (unpaired) electrons. The molecule has 1 aliphatic rings. The molecule has 5 nitrogen and oxygen atoms in total. The van der Waals surface area contributed by atoms with Crippen LogP contribution in [-0.2, 0) is 10.0 Å². The number of hydrogen-bond acceptors (Lipinski definition) is 3. The number of rotatable bonds is 3. The Morgan fingerprint density at radius 3 is 2.22 bits per heavy atom. The molecule has 0 N–H and O–H groups in total. The SMILES string of the molecule is Cc1ccc(C(=O)N2CCN(S(=O)(=O)c3cc(Cl)ccc3Cl)CC2)cc1C. The summed E-state index contributed by atoms with van der Waals surface area (Å²) in [6.45, 7) is 5.02. The zero-order chi connectivity index (χ0) is 19.8. The van der Waals surface area contributed by atoms with Gasteiger partial charge in [0, 0.05) is 36.8 Å². The van der Waals surface area contributed by atoms with Crippen molar-refractivity contribution in [1.29, 1.82) is 0 Å². The van der Waals surface area contributed by atoms with Gasteiger partial charge in [-0.2, -0.15) is 4.31 Å². The van der Waals surface area contributed by atoms with E-state index in [1.54, 1.807) is 17.0 Å². The average molecular weight is 427 g/mol. The maximum absolute atomic E-state index is 12.9. The smallest absolute Gasteiger partial charge is 0.253 e. The zero-order valence-electron chi connectivity index (χ0n) is 15.1. The van der Waals surface area contributed by atoms with Crippen molar-refractivity contribution in [1.82, 2.24) is 9.21 Å². The molecule has 2 aromatic rings. The Kier molecular flexibility index (Phi) is 5.82. The highest BCUT2D eigenvalue weighted by Gasteiger charge is 2.32. The molecule has 1 saturated heterocycles. The number of hydrogen-bond donors (Lipinski definition) is 0. The van der Waals surface area contributed by atoms with Gasteiger partial charge in [0.2, 0.25) is 10.0 Å². The summed E-state index contributed by atoms with van der Waals surface area (Å²) in [4.78, 5) is 14.4. The van der Waals surface area contributed by atoms with Gasteiger partial charge in [-0.3, -0.25) is 4.79 Å². The van der Waals surface area contributed by atoms with Crippen molar-refractivity contribution in [3.63, 3.8) is 0 Å². The van der Waals surface area contributed by atoms with Crippen LogP contribution in [0.5, 0.6) is 0 Å². The molecule has 0 unspecified atom stereocenters. The minimum absolute atomic E-state index is 0.00870. The van der Waals surface area contributed by atoms with Crippen molar-refractivity contribution in [2.75, 3.05) is 26.2 Å². The Morgan fingerprint density at radius 2 is 1.59 bits per heavy atom. The first-order valence-corrected chi connectivity index (χ1v) is 10.7.